The average molecular weight is 254 g/mol. The van der Waals surface area contributed by atoms with Crippen molar-refractivity contribution >= 4 is 5.97 Å². The van der Waals surface area contributed by atoms with E-state index in [1.54, 1.807) is 0 Å². The Bertz CT molecular complexity index is 160. The zero-order valence-corrected chi connectivity index (χ0v) is 13.8. The van der Waals surface area contributed by atoms with Crippen molar-refractivity contribution in [1.29, 1.82) is 0 Å². The fraction of sp³-hybridized carbons (Fsp3) is 0.917. The van der Waals surface area contributed by atoms with Gasteiger partial charge in [-0.1, -0.05) is 38.5 Å². The summed E-state index contributed by atoms with van der Waals surface area (Å²) in [6.07, 6.45) is 8.40. The zero-order chi connectivity index (χ0) is 11.5. The van der Waals surface area contributed by atoms with E-state index in [-0.39, 0.29) is 63.9 Å². The number of hydrogen-bond donors (Lipinski definition) is 1. The zero-order valence-electron chi connectivity index (χ0n) is 10.7. The fourth-order valence-corrected chi connectivity index (χ4v) is 1.59. The predicted molar refractivity (Wildman–Crippen MR) is 58.2 cm³/mol. The van der Waals surface area contributed by atoms with E-state index in [9.17, 15) is 9.90 Å². The summed E-state index contributed by atoms with van der Waals surface area (Å²) in [7, 11) is 0. The van der Waals surface area contributed by atoms with Crippen molar-refractivity contribution in [1.82, 2.24) is 0 Å². The van der Waals surface area contributed by atoms with Crippen molar-refractivity contribution in [3.63, 3.8) is 0 Å². The van der Waals surface area contributed by atoms with Crippen molar-refractivity contribution in [2.45, 2.75) is 70.8 Å². The molecule has 0 aliphatic rings. The first-order valence-corrected chi connectivity index (χ1v) is 6.01. The molecule has 0 heterocycles. The molecule has 16 heavy (non-hydrogen) atoms. The summed E-state index contributed by atoms with van der Waals surface area (Å²) in [5, 5.41) is 19.1. The van der Waals surface area contributed by atoms with E-state index in [0.717, 1.165) is 32.1 Å². The molecule has 0 radical (unpaired) electrons. The van der Waals surface area contributed by atoms with Crippen LogP contribution in [0.2, 0.25) is 0 Å². The van der Waals surface area contributed by atoms with E-state index >= 15 is 0 Å². The van der Waals surface area contributed by atoms with Gasteiger partial charge < -0.3 is 15.0 Å². The van der Waals surface area contributed by atoms with Crippen LogP contribution in [0, 0.1) is 0 Å². The number of aliphatic carboxylic acids is 1. The van der Waals surface area contributed by atoms with Crippen molar-refractivity contribution in [3.8, 4) is 0 Å². The van der Waals surface area contributed by atoms with Gasteiger partial charge in [-0.25, -0.2) is 0 Å². The Morgan fingerprint density at radius 3 is 1.94 bits per heavy atom. The van der Waals surface area contributed by atoms with Gasteiger partial charge in [0.15, 0.2) is 0 Å². The third-order valence-electron chi connectivity index (χ3n) is 2.50. The van der Waals surface area contributed by atoms with Gasteiger partial charge in [-0.05, 0) is 26.2 Å². The first kappa shape index (κ1) is 19.4. The van der Waals surface area contributed by atoms with E-state index < -0.39 is 5.97 Å². The smallest absolute Gasteiger partial charge is 0.550 e. The molecule has 1 unspecified atom stereocenters. The molecule has 0 bridgehead atoms. The number of carbonyl (C=O) groups excluding carboxylic acids is 1. The van der Waals surface area contributed by atoms with Gasteiger partial charge in [0.05, 0.1) is 6.10 Å². The van der Waals surface area contributed by atoms with Crippen LogP contribution < -0.4 is 56.5 Å². The van der Waals surface area contributed by atoms with Crippen LogP contribution in [0.5, 0.6) is 0 Å². The molecule has 0 aromatic rings. The minimum Gasteiger partial charge on any atom is -0.550 e. The van der Waals surface area contributed by atoms with Gasteiger partial charge in [0.1, 0.15) is 0 Å². The van der Waals surface area contributed by atoms with Crippen molar-refractivity contribution in [2.24, 2.45) is 0 Å². The third kappa shape index (κ3) is 17.5. The van der Waals surface area contributed by atoms with Gasteiger partial charge in [-0.2, -0.15) is 0 Å². The normalized spacial score (nSPS) is 11.9. The molecule has 0 aliphatic carbocycles. The van der Waals surface area contributed by atoms with Crippen LogP contribution >= 0.6 is 0 Å². The summed E-state index contributed by atoms with van der Waals surface area (Å²) >= 11 is 0. The van der Waals surface area contributed by atoms with E-state index in [1.165, 1.54) is 19.3 Å². The molecular weight excluding hydrogens is 231 g/mol. The van der Waals surface area contributed by atoms with E-state index in [2.05, 4.69) is 0 Å². The first-order chi connectivity index (χ1) is 7.13. The summed E-state index contributed by atoms with van der Waals surface area (Å²) in [4.78, 5) is 10.1. The van der Waals surface area contributed by atoms with Crippen molar-refractivity contribution < 1.29 is 66.4 Å². The Hall–Kier alpha value is 1.07. The molecule has 0 amide bonds. The molecule has 0 spiro atoms. The first-order valence-electron chi connectivity index (χ1n) is 6.01. The SMILES string of the molecule is CC(O)CCCCCCCCCC(=O)[O-].[K+]. The minimum atomic E-state index is -0.938. The largest absolute Gasteiger partial charge is 1.00 e. The number of rotatable bonds is 10. The summed E-state index contributed by atoms with van der Waals surface area (Å²) < 4.78 is 0. The van der Waals surface area contributed by atoms with Gasteiger partial charge in [0.25, 0.3) is 0 Å². The molecule has 1 atom stereocenters. The Morgan fingerprint density at radius 2 is 1.50 bits per heavy atom. The Morgan fingerprint density at radius 1 is 1.06 bits per heavy atom. The monoisotopic (exact) mass is 254 g/mol. The van der Waals surface area contributed by atoms with Crippen LogP contribution in [0.1, 0.15) is 64.7 Å². The number of hydrogen-bond acceptors (Lipinski definition) is 3. The number of carboxylic acids is 1. The van der Waals surface area contributed by atoms with Gasteiger partial charge in [-0.3, -0.25) is 0 Å². The van der Waals surface area contributed by atoms with Crippen molar-refractivity contribution in [3.05, 3.63) is 0 Å². The van der Waals surface area contributed by atoms with Crippen LogP contribution in [0.15, 0.2) is 0 Å². The average Bonchev–Trinajstić information content (AvgIpc) is 2.14. The standard InChI is InChI=1S/C12H24O3.K/c1-11(13)9-7-5-3-2-4-6-8-10-12(14)15;/h11,13H,2-10H2,1H3,(H,14,15);/q;+1/p-1. The van der Waals surface area contributed by atoms with Gasteiger partial charge in [0.2, 0.25) is 0 Å². The van der Waals surface area contributed by atoms with Gasteiger partial charge in [-0.15, -0.1) is 0 Å². The Kier molecular flexibility index (Phi) is 17.1. The topological polar surface area (TPSA) is 60.4 Å². The molecular formula is C12H23KO3. The number of unbranched alkanes of at least 4 members (excludes halogenated alkanes) is 6. The summed E-state index contributed by atoms with van der Waals surface area (Å²) in [6.45, 7) is 1.82. The number of carboxylic acid groups (broad SMARTS) is 1. The summed E-state index contributed by atoms with van der Waals surface area (Å²) in [6, 6.07) is 0. The second-order valence-electron chi connectivity index (χ2n) is 4.23. The Labute approximate surface area is 141 Å². The van der Waals surface area contributed by atoms with Crippen LogP contribution in [0.25, 0.3) is 0 Å². The maximum Gasteiger partial charge on any atom is 1.00 e. The van der Waals surface area contributed by atoms with E-state index in [4.69, 9.17) is 5.11 Å². The predicted octanol–water partition coefficient (Wildman–Crippen LogP) is -1.37. The molecule has 0 aromatic heterocycles. The maximum atomic E-state index is 10.1. The van der Waals surface area contributed by atoms with Gasteiger partial charge in [0, 0.05) is 5.97 Å². The third-order valence-corrected chi connectivity index (χ3v) is 2.50. The molecule has 0 fully saturated rings. The van der Waals surface area contributed by atoms with E-state index in [1.807, 2.05) is 6.92 Å². The van der Waals surface area contributed by atoms with Crippen molar-refractivity contribution in [2.75, 3.05) is 0 Å². The second kappa shape index (κ2) is 14.1. The number of aliphatic hydroxyl groups excluding tert-OH is 1. The fourth-order valence-electron chi connectivity index (χ4n) is 1.59. The van der Waals surface area contributed by atoms with Crippen LogP contribution in [0.4, 0.5) is 0 Å². The Balaban J connectivity index is 0. The van der Waals surface area contributed by atoms with Crippen LogP contribution in [-0.4, -0.2) is 17.2 Å². The quantitative estimate of drug-likeness (QED) is 0.387. The van der Waals surface area contributed by atoms with Crippen LogP contribution in [0.3, 0.4) is 0 Å². The number of aliphatic hydroxyl groups is 1. The molecule has 0 aliphatic heterocycles. The molecule has 0 saturated carbocycles. The van der Waals surface area contributed by atoms with Crippen LogP contribution in [-0.2, 0) is 4.79 Å². The second-order valence-corrected chi connectivity index (χ2v) is 4.23. The minimum absolute atomic E-state index is 0. The summed E-state index contributed by atoms with van der Waals surface area (Å²) in [5.74, 6) is -0.938. The molecule has 0 aromatic carbocycles. The molecule has 4 heteroatoms. The molecule has 1 N–H and O–H groups in total. The van der Waals surface area contributed by atoms with E-state index in [0.29, 0.717) is 0 Å². The van der Waals surface area contributed by atoms with Gasteiger partial charge >= 0.3 is 51.4 Å². The molecule has 0 rings (SSSR count). The maximum absolute atomic E-state index is 10.1. The molecule has 3 nitrogen and oxygen atoms in total. The molecule has 0 saturated heterocycles. The summed E-state index contributed by atoms with van der Waals surface area (Å²) in [5.41, 5.74) is 0. The molecule has 90 valence electrons. The number of carbonyl (C=O) groups is 1.